The summed E-state index contributed by atoms with van der Waals surface area (Å²) in [6, 6.07) is 7.93. The van der Waals surface area contributed by atoms with Crippen molar-refractivity contribution in [3.63, 3.8) is 0 Å². The number of benzene rings is 1. The Morgan fingerprint density at radius 2 is 1.54 bits per heavy atom. The van der Waals surface area contributed by atoms with E-state index >= 15 is 0 Å². The molecule has 1 aromatic rings. The van der Waals surface area contributed by atoms with Gasteiger partial charge < -0.3 is 14.2 Å². The summed E-state index contributed by atoms with van der Waals surface area (Å²) in [6.07, 6.45) is 20.5. The molecule has 1 heterocycles. The van der Waals surface area contributed by atoms with Crippen LogP contribution in [0.25, 0.3) is 0 Å². The monoisotopic (exact) mass is 388 g/mol. The summed E-state index contributed by atoms with van der Waals surface area (Å²) in [6.45, 7) is 2.97. The van der Waals surface area contributed by atoms with E-state index in [4.69, 9.17) is 14.2 Å². The van der Waals surface area contributed by atoms with Crippen LogP contribution >= 0.6 is 0 Å². The first-order chi connectivity index (χ1) is 13.8. The molecule has 2 rings (SSSR count). The average molecular weight is 389 g/mol. The second kappa shape index (κ2) is 14.6. The third-order valence-corrected chi connectivity index (χ3v) is 5.43. The third-order valence-electron chi connectivity index (χ3n) is 5.43. The van der Waals surface area contributed by atoms with Crippen LogP contribution in [0.1, 0.15) is 95.8 Å². The Morgan fingerprint density at radius 1 is 0.893 bits per heavy atom. The molecule has 0 radical (unpaired) electrons. The lowest BCUT2D eigenvalue weighted by Crippen LogP contribution is -2.09. The van der Waals surface area contributed by atoms with E-state index in [9.17, 15) is 0 Å². The number of ether oxygens (including phenoxy) is 3. The van der Waals surface area contributed by atoms with Crippen molar-refractivity contribution < 1.29 is 14.2 Å². The van der Waals surface area contributed by atoms with E-state index in [1.54, 1.807) is 7.11 Å². The largest absolute Gasteiger partial charge is 0.497 e. The molecule has 158 valence electrons. The minimum atomic E-state index is -0.228. The van der Waals surface area contributed by atoms with Crippen LogP contribution in [0.4, 0.5) is 0 Å². The van der Waals surface area contributed by atoms with Gasteiger partial charge in [0.05, 0.1) is 19.8 Å². The van der Waals surface area contributed by atoms with Crippen molar-refractivity contribution in [1.82, 2.24) is 0 Å². The van der Waals surface area contributed by atoms with E-state index < -0.39 is 0 Å². The Bertz CT molecular complexity index is 523. The first-order valence-electron chi connectivity index (χ1n) is 11.4. The van der Waals surface area contributed by atoms with E-state index in [0.29, 0.717) is 6.61 Å². The molecule has 0 N–H and O–H groups in total. The van der Waals surface area contributed by atoms with Gasteiger partial charge in [0.1, 0.15) is 5.75 Å². The lowest BCUT2D eigenvalue weighted by Gasteiger charge is -2.12. The Labute approximate surface area is 172 Å². The topological polar surface area (TPSA) is 27.7 Å². The molecule has 1 aromatic carbocycles. The highest BCUT2D eigenvalue weighted by Crippen LogP contribution is 2.30. The van der Waals surface area contributed by atoms with Crippen molar-refractivity contribution >= 4 is 0 Å². The molecule has 2 atom stereocenters. The number of methoxy groups -OCH3 is 1. The fourth-order valence-electron chi connectivity index (χ4n) is 3.63. The number of hydrogen-bond acceptors (Lipinski definition) is 3. The van der Waals surface area contributed by atoms with Gasteiger partial charge in [0, 0.05) is 5.56 Å². The molecule has 1 aliphatic rings. The number of unbranched alkanes of at least 4 members (excludes halogenated alkanes) is 9. The van der Waals surface area contributed by atoms with Crippen LogP contribution in [-0.4, -0.2) is 19.8 Å². The SMILES string of the molecule is CCCCCCCCCC/C=C\CCC[C@@H]1COC(c2ccc(OC)cc2)O1. The minimum absolute atomic E-state index is 0.216. The van der Waals surface area contributed by atoms with Gasteiger partial charge >= 0.3 is 0 Å². The van der Waals surface area contributed by atoms with Gasteiger partial charge in [-0.25, -0.2) is 0 Å². The molecule has 1 unspecified atom stereocenters. The van der Waals surface area contributed by atoms with Crippen LogP contribution in [0.15, 0.2) is 36.4 Å². The van der Waals surface area contributed by atoms with Crippen molar-refractivity contribution in [1.29, 1.82) is 0 Å². The lowest BCUT2D eigenvalue weighted by atomic mass is 10.1. The van der Waals surface area contributed by atoms with Crippen LogP contribution in [-0.2, 0) is 9.47 Å². The molecule has 3 heteroatoms. The molecular formula is C25H40O3. The predicted octanol–water partition coefficient (Wildman–Crippen LogP) is 7.37. The van der Waals surface area contributed by atoms with E-state index in [1.165, 1.54) is 57.8 Å². The number of allylic oxidation sites excluding steroid dienone is 2. The maximum absolute atomic E-state index is 6.04. The molecule has 28 heavy (non-hydrogen) atoms. The Hall–Kier alpha value is -1.32. The normalized spacial score (nSPS) is 19.5. The van der Waals surface area contributed by atoms with Crippen molar-refractivity contribution in [2.75, 3.05) is 13.7 Å². The van der Waals surface area contributed by atoms with Crippen molar-refractivity contribution in [3.8, 4) is 5.75 Å². The van der Waals surface area contributed by atoms with Crippen LogP contribution < -0.4 is 4.74 Å². The van der Waals surface area contributed by atoms with Gasteiger partial charge in [-0.1, -0.05) is 76.2 Å². The Balaban J connectivity index is 1.45. The Morgan fingerprint density at radius 3 is 2.21 bits per heavy atom. The molecule has 0 bridgehead atoms. The smallest absolute Gasteiger partial charge is 0.184 e. The lowest BCUT2D eigenvalue weighted by molar-refractivity contribution is -0.0613. The molecule has 0 amide bonds. The van der Waals surface area contributed by atoms with Gasteiger partial charge in [0.25, 0.3) is 0 Å². The molecule has 1 aliphatic heterocycles. The molecule has 1 fully saturated rings. The molecule has 0 aliphatic carbocycles. The second-order valence-corrected chi connectivity index (χ2v) is 7.86. The maximum atomic E-state index is 6.04. The summed E-state index contributed by atoms with van der Waals surface area (Å²) in [5.41, 5.74) is 1.06. The second-order valence-electron chi connectivity index (χ2n) is 7.86. The van der Waals surface area contributed by atoms with E-state index in [0.717, 1.165) is 30.6 Å². The minimum Gasteiger partial charge on any atom is -0.497 e. The molecule has 0 aromatic heterocycles. The molecule has 0 saturated carbocycles. The van der Waals surface area contributed by atoms with Crippen molar-refractivity contribution in [3.05, 3.63) is 42.0 Å². The van der Waals surface area contributed by atoms with Crippen LogP contribution in [0.3, 0.4) is 0 Å². The van der Waals surface area contributed by atoms with Gasteiger partial charge in [-0.05, 0) is 44.2 Å². The molecule has 1 saturated heterocycles. The highest BCUT2D eigenvalue weighted by Gasteiger charge is 2.26. The summed E-state index contributed by atoms with van der Waals surface area (Å²) in [5.74, 6) is 0.858. The molecule has 3 nitrogen and oxygen atoms in total. The van der Waals surface area contributed by atoms with Crippen molar-refractivity contribution in [2.24, 2.45) is 0 Å². The molecule has 0 spiro atoms. The zero-order valence-electron chi connectivity index (χ0n) is 18.0. The van der Waals surface area contributed by atoms with Crippen LogP contribution in [0.2, 0.25) is 0 Å². The van der Waals surface area contributed by atoms with E-state index in [2.05, 4.69) is 19.1 Å². The average Bonchev–Trinajstić information content (AvgIpc) is 3.20. The van der Waals surface area contributed by atoms with Gasteiger partial charge in [-0.15, -0.1) is 0 Å². The van der Waals surface area contributed by atoms with Crippen molar-refractivity contribution in [2.45, 2.75) is 96.4 Å². The fourth-order valence-corrected chi connectivity index (χ4v) is 3.63. The third kappa shape index (κ3) is 9.25. The van der Waals surface area contributed by atoms with Gasteiger partial charge in [0.15, 0.2) is 6.29 Å². The predicted molar refractivity (Wildman–Crippen MR) is 117 cm³/mol. The van der Waals surface area contributed by atoms with E-state index in [-0.39, 0.29) is 12.4 Å². The number of rotatable bonds is 15. The first kappa shape index (κ1) is 23.0. The van der Waals surface area contributed by atoms with E-state index in [1.807, 2.05) is 24.3 Å². The Kier molecular flexibility index (Phi) is 12.0. The summed E-state index contributed by atoms with van der Waals surface area (Å²) in [7, 11) is 1.68. The summed E-state index contributed by atoms with van der Waals surface area (Å²) >= 11 is 0. The zero-order valence-corrected chi connectivity index (χ0v) is 18.0. The van der Waals surface area contributed by atoms with Crippen LogP contribution in [0.5, 0.6) is 5.75 Å². The quantitative estimate of drug-likeness (QED) is 0.232. The first-order valence-corrected chi connectivity index (χ1v) is 11.4. The number of hydrogen-bond donors (Lipinski definition) is 0. The molecular weight excluding hydrogens is 348 g/mol. The van der Waals surface area contributed by atoms with Crippen LogP contribution in [0, 0.1) is 0 Å². The highest BCUT2D eigenvalue weighted by molar-refractivity contribution is 5.28. The maximum Gasteiger partial charge on any atom is 0.184 e. The standard InChI is InChI=1S/C25H40O3/c1-3-4-5-6-7-8-9-10-11-12-13-14-15-16-24-21-27-25(28-24)22-17-19-23(26-2)20-18-22/h12-13,17-20,24-25H,3-11,14-16,21H2,1-2H3/b13-12-/t24-,25?/m1/s1. The van der Waals surface area contributed by atoms with Gasteiger partial charge in [0.2, 0.25) is 0 Å². The summed E-state index contributed by atoms with van der Waals surface area (Å²) < 4.78 is 17.0. The summed E-state index contributed by atoms with van der Waals surface area (Å²) in [4.78, 5) is 0. The fraction of sp³-hybridized carbons (Fsp3) is 0.680. The highest BCUT2D eigenvalue weighted by atomic mass is 16.7. The summed E-state index contributed by atoms with van der Waals surface area (Å²) in [5, 5.41) is 0. The zero-order chi connectivity index (χ0) is 19.9. The van der Waals surface area contributed by atoms with Gasteiger partial charge in [-0.3, -0.25) is 0 Å². The van der Waals surface area contributed by atoms with Gasteiger partial charge in [-0.2, -0.15) is 0 Å².